The largest absolute Gasteiger partial charge is 0.450 e. The molecule has 0 unspecified atom stereocenters. The van der Waals surface area contributed by atoms with Crippen molar-refractivity contribution in [3.05, 3.63) is 34.3 Å². The van der Waals surface area contributed by atoms with Crippen LogP contribution in [-0.2, 0) is 11.3 Å². The fourth-order valence-electron chi connectivity index (χ4n) is 1.37. The van der Waals surface area contributed by atoms with Gasteiger partial charge in [-0.2, -0.15) is 0 Å². The van der Waals surface area contributed by atoms with Crippen molar-refractivity contribution in [2.75, 3.05) is 19.7 Å². The van der Waals surface area contributed by atoms with Crippen molar-refractivity contribution in [3.8, 4) is 0 Å². The van der Waals surface area contributed by atoms with Gasteiger partial charge in [-0.1, -0.05) is 28.1 Å². The van der Waals surface area contributed by atoms with Gasteiger partial charge in [-0.25, -0.2) is 9.59 Å². The molecule has 6 nitrogen and oxygen atoms in total. The van der Waals surface area contributed by atoms with Crippen molar-refractivity contribution in [1.82, 2.24) is 16.0 Å². The minimum atomic E-state index is -0.482. The molecule has 20 heavy (non-hydrogen) atoms. The van der Waals surface area contributed by atoms with Crippen LogP contribution in [0.5, 0.6) is 0 Å². The second-order valence-electron chi connectivity index (χ2n) is 3.88. The number of hydrogen-bond donors (Lipinski definition) is 3. The molecule has 0 aliphatic heterocycles. The molecule has 110 valence electrons. The molecule has 0 saturated heterocycles. The highest BCUT2D eigenvalue weighted by Crippen LogP contribution is 2.09. The predicted molar refractivity (Wildman–Crippen MR) is 79.4 cm³/mol. The molecule has 0 heterocycles. The monoisotopic (exact) mass is 343 g/mol. The van der Waals surface area contributed by atoms with Crippen molar-refractivity contribution in [3.63, 3.8) is 0 Å². The molecule has 0 saturated carbocycles. The maximum Gasteiger partial charge on any atom is 0.407 e. The van der Waals surface area contributed by atoms with E-state index >= 15 is 0 Å². The average molecular weight is 344 g/mol. The van der Waals surface area contributed by atoms with Gasteiger partial charge in [0.15, 0.2) is 0 Å². The number of urea groups is 1. The minimum absolute atomic E-state index is 0.279. The van der Waals surface area contributed by atoms with E-state index in [2.05, 4.69) is 36.6 Å². The van der Waals surface area contributed by atoms with E-state index in [1.165, 1.54) is 0 Å². The van der Waals surface area contributed by atoms with Gasteiger partial charge in [0, 0.05) is 24.1 Å². The lowest BCUT2D eigenvalue weighted by atomic mass is 10.2. The summed E-state index contributed by atoms with van der Waals surface area (Å²) in [6.45, 7) is 3.17. The second kappa shape index (κ2) is 9.19. The van der Waals surface area contributed by atoms with E-state index in [4.69, 9.17) is 0 Å². The summed E-state index contributed by atoms with van der Waals surface area (Å²) in [7, 11) is 0. The van der Waals surface area contributed by atoms with Gasteiger partial charge in [-0.3, -0.25) is 0 Å². The summed E-state index contributed by atoms with van der Waals surface area (Å²) in [5.41, 5.74) is 1.01. The van der Waals surface area contributed by atoms with Gasteiger partial charge in [-0.15, -0.1) is 0 Å². The zero-order chi connectivity index (χ0) is 14.8. The molecule has 1 rings (SSSR count). The Hall–Kier alpha value is -1.76. The Morgan fingerprint density at radius 1 is 1.10 bits per heavy atom. The number of carbonyl (C=O) groups excluding carboxylic acids is 2. The van der Waals surface area contributed by atoms with Gasteiger partial charge in [0.1, 0.15) is 0 Å². The summed E-state index contributed by atoms with van der Waals surface area (Å²) in [5.74, 6) is 0. The molecule has 0 spiro atoms. The molecule has 0 aliphatic carbocycles. The standard InChI is InChI=1S/C13H18BrN3O3/c1-2-20-13(19)16-8-7-15-12(18)17-9-10-3-5-11(14)6-4-10/h3-6H,2,7-9H2,1H3,(H,16,19)(H2,15,17,18). The van der Waals surface area contributed by atoms with Crippen molar-refractivity contribution >= 4 is 28.1 Å². The Morgan fingerprint density at radius 2 is 1.75 bits per heavy atom. The van der Waals surface area contributed by atoms with Gasteiger partial charge >= 0.3 is 12.1 Å². The van der Waals surface area contributed by atoms with E-state index in [-0.39, 0.29) is 6.03 Å². The molecule has 3 N–H and O–H groups in total. The molecule has 0 aliphatic rings. The van der Waals surface area contributed by atoms with Crippen LogP contribution in [0.1, 0.15) is 12.5 Å². The Balaban J connectivity index is 2.11. The maximum atomic E-state index is 11.5. The fourth-order valence-corrected chi connectivity index (χ4v) is 1.63. The molecule has 7 heteroatoms. The number of ether oxygens (including phenoxy) is 1. The van der Waals surface area contributed by atoms with Crippen LogP contribution < -0.4 is 16.0 Å². The zero-order valence-corrected chi connectivity index (χ0v) is 12.8. The average Bonchev–Trinajstić information content (AvgIpc) is 2.43. The lowest BCUT2D eigenvalue weighted by Crippen LogP contribution is -2.40. The van der Waals surface area contributed by atoms with Crippen LogP contribution in [0.2, 0.25) is 0 Å². The number of carbonyl (C=O) groups is 2. The van der Waals surface area contributed by atoms with Crippen LogP contribution in [0.15, 0.2) is 28.7 Å². The molecule has 3 amide bonds. The first-order chi connectivity index (χ1) is 9.61. The molecule has 0 bridgehead atoms. The zero-order valence-electron chi connectivity index (χ0n) is 11.2. The van der Waals surface area contributed by atoms with Gasteiger partial charge in [0.05, 0.1) is 6.61 Å². The summed E-state index contributed by atoms with van der Waals surface area (Å²) in [5, 5.41) is 7.86. The van der Waals surface area contributed by atoms with Crippen molar-refractivity contribution in [2.24, 2.45) is 0 Å². The Labute approximate surface area is 126 Å². The first kappa shape index (κ1) is 16.3. The summed E-state index contributed by atoms with van der Waals surface area (Å²) < 4.78 is 5.68. The number of halogens is 1. The predicted octanol–water partition coefficient (Wildman–Crippen LogP) is 1.99. The first-order valence-electron chi connectivity index (χ1n) is 6.28. The van der Waals surface area contributed by atoms with Crippen molar-refractivity contribution < 1.29 is 14.3 Å². The van der Waals surface area contributed by atoms with Crippen molar-refractivity contribution in [1.29, 1.82) is 0 Å². The summed E-state index contributed by atoms with van der Waals surface area (Å²) in [6.07, 6.45) is -0.482. The SMILES string of the molecule is CCOC(=O)NCCNC(=O)NCc1ccc(Br)cc1. The van der Waals surface area contributed by atoms with E-state index in [1.807, 2.05) is 24.3 Å². The lowest BCUT2D eigenvalue weighted by Gasteiger charge is -2.08. The lowest BCUT2D eigenvalue weighted by molar-refractivity contribution is 0.152. The topological polar surface area (TPSA) is 79.5 Å². The number of rotatable bonds is 6. The van der Waals surface area contributed by atoms with Gasteiger partial charge < -0.3 is 20.7 Å². The van der Waals surface area contributed by atoms with Crippen LogP contribution >= 0.6 is 15.9 Å². The summed E-state index contributed by atoms with van der Waals surface area (Å²) in [6, 6.07) is 7.40. The number of hydrogen-bond acceptors (Lipinski definition) is 3. The molecule has 1 aromatic carbocycles. The third kappa shape index (κ3) is 6.98. The second-order valence-corrected chi connectivity index (χ2v) is 4.80. The summed E-state index contributed by atoms with van der Waals surface area (Å²) >= 11 is 3.35. The van der Waals surface area contributed by atoms with Crippen LogP contribution in [0.4, 0.5) is 9.59 Å². The minimum Gasteiger partial charge on any atom is -0.450 e. The van der Waals surface area contributed by atoms with Crippen molar-refractivity contribution in [2.45, 2.75) is 13.5 Å². The Bertz CT molecular complexity index is 437. The molecular formula is C13H18BrN3O3. The molecule has 1 aromatic rings. The van der Waals surface area contributed by atoms with Crippen LogP contribution in [0.25, 0.3) is 0 Å². The molecule has 0 aromatic heterocycles. The third-order valence-electron chi connectivity index (χ3n) is 2.32. The fraction of sp³-hybridized carbons (Fsp3) is 0.385. The first-order valence-corrected chi connectivity index (χ1v) is 7.08. The number of alkyl carbamates (subject to hydrolysis) is 1. The van der Waals surface area contributed by atoms with Crippen LogP contribution in [0.3, 0.4) is 0 Å². The highest BCUT2D eigenvalue weighted by molar-refractivity contribution is 9.10. The highest BCUT2D eigenvalue weighted by Gasteiger charge is 2.01. The maximum absolute atomic E-state index is 11.5. The number of benzene rings is 1. The van der Waals surface area contributed by atoms with E-state index in [9.17, 15) is 9.59 Å². The number of nitrogens with one attached hydrogen (secondary N) is 3. The smallest absolute Gasteiger partial charge is 0.407 e. The molecular weight excluding hydrogens is 326 g/mol. The summed E-state index contributed by atoms with van der Waals surface area (Å²) in [4.78, 5) is 22.4. The number of amides is 3. The highest BCUT2D eigenvalue weighted by atomic mass is 79.9. The van der Waals surface area contributed by atoms with E-state index in [0.29, 0.717) is 26.2 Å². The van der Waals surface area contributed by atoms with E-state index < -0.39 is 6.09 Å². The molecule has 0 atom stereocenters. The Kier molecular flexibility index (Phi) is 7.49. The van der Waals surface area contributed by atoms with Gasteiger partial charge in [0.25, 0.3) is 0 Å². The van der Waals surface area contributed by atoms with Gasteiger partial charge in [-0.05, 0) is 24.6 Å². The normalized spacial score (nSPS) is 9.70. The molecule has 0 radical (unpaired) electrons. The van der Waals surface area contributed by atoms with Crippen LogP contribution in [0, 0.1) is 0 Å². The molecule has 0 fully saturated rings. The van der Waals surface area contributed by atoms with Gasteiger partial charge in [0.2, 0.25) is 0 Å². The Morgan fingerprint density at radius 3 is 2.40 bits per heavy atom. The van der Waals surface area contributed by atoms with E-state index in [1.54, 1.807) is 6.92 Å². The quantitative estimate of drug-likeness (QED) is 0.691. The van der Waals surface area contributed by atoms with E-state index in [0.717, 1.165) is 10.0 Å². The third-order valence-corrected chi connectivity index (χ3v) is 2.85. The van der Waals surface area contributed by atoms with Crippen LogP contribution in [-0.4, -0.2) is 31.8 Å².